The van der Waals surface area contributed by atoms with Gasteiger partial charge in [-0.2, -0.15) is 0 Å². The first-order valence-electron chi connectivity index (χ1n) is 24.7. The molecule has 8 heteroatoms. The number of carbonyl (C=O) groups excluding carboxylic acids is 4. The minimum Gasteiger partial charge on any atom is -0.466 e. The Kier molecular flexibility index (Phi) is 20.4. The summed E-state index contributed by atoms with van der Waals surface area (Å²) in [6, 6.07) is 0.0879. The molecule has 11 atom stereocenters. The van der Waals surface area contributed by atoms with Gasteiger partial charge >= 0.3 is 11.9 Å². The van der Waals surface area contributed by atoms with Crippen molar-refractivity contribution in [3.63, 3.8) is 0 Å². The minimum absolute atomic E-state index is 0.0110. The molecule has 8 nitrogen and oxygen atoms in total. The van der Waals surface area contributed by atoms with Gasteiger partial charge in [0.2, 0.25) is 11.8 Å². The van der Waals surface area contributed by atoms with E-state index in [-0.39, 0.29) is 52.8 Å². The molecule has 0 aromatic rings. The van der Waals surface area contributed by atoms with Crippen LogP contribution in [-0.4, -0.2) is 48.5 Å². The highest BCUT2D eigenvalue weighted by molar-refractivity contribution is 5.74. The number of rotatable bonds is 26. The molecule has 4 saturated carbocycles. The zero-order chi connectivity index (χ0) is 42.1. The quantitative estimate of drug-likeness (QED) is 0.0665. The summed E-state index contributed by atoms with van der Waals surface area (Å²) in [5, 5.41) is 6.89. The molecule has 0 spiro atoms. The van der Waals surface area contributed by atoms with Gasteiger partial charge in [0.25, 0.3) is 0 Å². The van der Waals surface area contributed by atoms with Gasteiger partial charge in [0.05, 0.1) is 6.61 Å². The Balaban J connectivity index is 1.18. The molecule has 334 valence electrons. The van der Waals surface area contributed by atoms with E-state index in [9.17, 15) is 19.2 Å². The Morgan fingerprint density at radius 1 is 0.672 bits per heavy atom. The van der Waals surface area contributed by atoms with Gasteiger partial charge in [-0.3, -0.25) is 19.2 Å². The Bertz CT molecular complexity index is 1270. The number of carbonyl (C=O) groups is 4. The summed E-state index contributed by atoms with van der Waals surface area (Å²) in [5.74, 6) is 1.75. The van der Waals surface area contributed by atoms with Gasteiger partial charge in [0.15, 0.2) is 0 Å². The zero-order valence-electron chi connectivity index (χ0n) is 38.4. The van der Waals surface area contributed by atoms with Gasteiger partial charge in [0.1, 0.15) is 6.10 Å². The Labute approximate surface area is 355 Å². The molecule has 4 aliphatic carbocycles. The first kappa shape index (κ1) is 48.5. The summed E-state index contributed by atoms with van der Waals surface area (Å²) >= 11 is 0. The van der Waals surface area contributed by atoms with Crippen molar-refractivity contribution in [2.24, 2.45) is 46.3 Å². The second-order valence-electron chi connectivity index (χ2n) is 20.3. The van der Waals surface area contributed by atoms with E-state index in [0.29, 0.717) is 48.5 Å². The maximum Gasteiger partial charge on any atom is 0.305 e. The van der Waals surface area contributed by atoms with E-state index in [1.807, 2.05) is 0 Å². The fraction of sp³-hybridized carbons (Fsp3) is 0.920. The monoisotopic (exact) mass is 813 g/mol. The third-order valence-corrected chi connectivity index (χ3v) is 16.2. The number of hydrogen-bond acceptors (Lipinski definition) is 6. The topological polar surface area (TPSA) is 111 Å². The van der Waals surface area contributed by atoms with Crippen LogP contribution in [-0.2, 0) is 28.7 Å². The maximum atomic E-state index is 13.0. The molecule has 0 aromatic heterocycles. The van der Waals surface area contributed by atoms with Crippen molar-refractivity contribution in [1.82, 2.24) is 10.6 Å². The Morgan fingerprint density at radius 3 is 1.76 bits per heavy atom. The Hall–Kier alpha value is -2.12. The van der Waals surface area contributed by atoms with E-state index >= 15 is 0 Å². The predicted molar refractivity (Wildman–Crippen MR) is 235 cm³/mol. The highest BCUT2D eigenvalue weighted by Gasteiger charge is 2.66. The largest absolute Gasteiger partial charge is 0.466 e. The number of hydrogen-bond donors (Lipinski definition) is 2. The molecular weight excluding hydrogens is 725 g/mol. The lowest BCUT2D eigenvalue weighted by atomic mass is 9.42. The lowest BCUT2D eigenvalue weighted by Crippen LogP contribution is -2.67. The highest BCUT2D eigenvalue weighted by Crippen LogP contribution is 2.68. The minimum atomic E-state index is -0.222. The molecule has 4 fully saturated rings. The molecule has 0 aliphatic heterocycles. The summed E-state index contributed by atoms with van der Waals surface area (Å²) in [6.07, 6.45) is 31.9. The molecule has 2 amide bonds. The molecule has 0 bridgehead atoms. The number of fused-ring (bicyclic) bond motifs is 5. The van der Waals surface area contributed by atoms with E-state index in [2.05, 4.69) is 38.3 Å². The van der Waals surface area contributed by atoms with Crippen molar-refractivity contribution >= 4 is 23.8 Å². The van der Waals surface area contributed by atoms with Crippen LogP contribution in [0.2, 0.25) is 0 Å². The van der Waals surface area contributed by atoms with Crippen molar-refractivity contribution in [3.05, 3.63) is 0 Å². The molecule has 58 heavy (non-hydrogen) atoms. The smallest absolute Gasteiger partial charge is 0.305 e. The van der Waals surface area contributed by atoms with E-state index in [4.69, 9.17) is 9.47 Å². The average Bonchev–Trinajstić information content (AvgIpc) is 3.53. The normalized spacial score (nSPS) is 32.0. The fourth-order valence-electron chi connectivity index (χ4n) is 13.2. The standard InChI is InChI=1S/C50H88N2O6/c1-8-9-10-11-12-13-14-15-16-17-18-19-20-21-22-23-24-25-32-57-47(56)29-26-36(2)42-27-28-43-48-44(35-46(50(42,43)7)52-38(4)54)49(6)31-30-41(58-39(5)55)33-40(49)34-45(48)51-37(3)53/h36,40-46,48H,8-35H2,1-7H3,(H,51,53)(H,52,54)/t36-,40+,41-,42-,43+,44+,45-,46+,48+,49+,50-/m1/s1. The van der Waals surface area contributed by atoms with Crippen molar-refractivity contribution in [1.29, 1.82) is 0 Å². The number of unbranched alkanes of at least 4 members (excludes halogenated alkanes) is 17. The number of esters is 2. The molecule has 0 saturated heterocycles. The summed E-state index contributed by atoms with van der Waals surface area (Å²) in [5.41, 5.74) is -0.0916. The third-order valence-electron chi connectivity index (χ3n) is 16.2. The van der Waals surface area contributed by atoms with Crippen LogP contribution in [0.1, 0.15) is 222 Å². The first-order chi connectivity index (χ1) is 27.8. The lowest BCUT2D eigenvalue weighted by Gasteiger charge is -2.65. The van der Waals surface area contributed by atoms with Gasteiger partial charge in [-0.15, -0.1) is 0 Å². The third kappa shape index (κ3) is 13.7. The van der Waals surface area contributed by atoms with Crippen LogP contribution in [0.25, 0.3) is 0 Å². The van der Waals surface area contributed by atoms with Gasteiger partial charge < -0.3 is 20.1 Å². The van der Waals surface area contributed by atoms with Crippen molar-refractivity contribution in [2.75, 3.05) is 6.61 Å². The fourth-order valence-corrected chi connectivity index (χ4v) is 13.2. The molecular formula is C50H88N2O6. The summed E-state index contributed by atoms with van der Waals surface area (Å²) in [6.45, 7) is 14.7. The highest BCUT2D eigenvalue weighted by atomic mass is 16.5. The molecule has 0 heterocycles. The summed E-state index contributed by atoms with van der Waals surface area (Å²) in [4.78, 5) is 50.4. The zero-order valence-corrected chi connectivity index (χ0v) is 38.4. The second kappa shape index (κ2) is 24.4. The summed E-state index contributed by atoms with van der Waals surface area (Å²) < 4.78 is 11.5. The van der Waals surface area contributed by atoms with Crippen LogP contribution < -0.4 is 10.6 Å². The van der Waals surface area contributed by atoms with Crippen LogP contribution >= 0.6 is 0 Å². The van der Waals surface area contributed by atoms with Crippen LogP contribution in [0.4, 0.5) is 0 Å². The molecule has 0 radical (unpaired) electrons. The van der Waals surface area contributed by atoms with Crippen LogP contribution in [0.3, 0.4) is 0 Å². The van der Waals surface area contributed by atoms with Gasteiger partial charge in [-0.05, 0) is 104 Å². The molecule has 4 rings (SSSR count). The van der Waals surface area contributed by atoms with E-state index in [1.54, 1.807) is 13.8 Å². The number of amides is 2. The molecule has 0 aromatic carbocycles. The number of ether oxygens (including phenoxy) is 2. The SMILES string of the molecule is CCCCCCCCCCCCCCCCCCCCOC(=O)CC[C@@H](C)[C@H]1CC[C@H]2[C@@H]3[C@H](NC(C)=O)C[C@@H]4C[C@H](OC(C)=O)CC[C@]4(C)[C@H]3C[C@H](NC(C)=O)[C@]12C. The summed E-state index contributed by atoms with van der Waals surface area (Å²) in [7, 11) is 0. The van der Waals surface area contributed by atoms with Gasteiger partial charge in [-0.25, -0.2) is 0 Å². The average molecular weight is 813 g/mol. The first-order valence-corrected chi connectivity index (χ1v) is 24.7. The predicted octanol–water partition coefficient (Wildman–Crippen LogP) is 11.8. The van der Waals surface area contributed by atoms with Crippen LogP contribution in [0, 0.1) is 46.3 Å². The van der Waals surface area contributed by atoms with Gasteiger partial charge in [-0.1, -0.05) is 137 Å². The van der Waals surface area contributed by atoms with Crippen molar-refractivity contribution in [3.8, 4) is 0 Å². The van der Waals surface area contributed by atoms with Crippen molar-refractivity contribution < 1.29 is 28.7 Å². The maximum absolute atomic E-state index is 13.0. The number of nitrogens with one attached hydrogen (secondary N) is 2. The molecule has 0 unspecified atom stereocenters. The van der Waals surface area contributed by atoms with Crippen molar-refractivity contribution in [2.45, 2.75) is 240 Å². The van der Waals surface area contributed by atoms with Crippen LogP contribution in [0.5, 0.6) is 0 Å². The Morgan fingerprint density at radius 2 is 1.22 bits per heavy atom. The lowest BCUT2D eigenvalue weighted by molar-refractivity contribution is -0.169. The van der Waals surface area contributed by atoms with E-state index in [0.717, 1.165) is 64.2 Å². The second-order valence-corrected chi connectivity index (χ2v) is 20.3. The van der Waals surface area contributed by atoms with E-state index < -0.39 is 0 Å². The molecule has 2 N–H and O–H groups in total. The van der Waals surface area contributed by atoms with Gasteiger partial charge in [0, 0.05) is 39.3 Å². The molecule has 4 aliphatic rings. The van der Waals surface area contributed by atoms with E-state index in [1.165, 1.54) is 110 Å². The van der Waals surface area contributed by atoms with Crippen LogP contribution in [0.15, 0.2) is 0 Å².